The molecule has 8 heterocycles. The van der Waals surface area contributed by atoms with Crippen molar-refractivity contribution < 1.29 is 9.47 Å². The van der Waals surface area contributed by atoms with Gasteiger partial charge in [-0.15, -0.1) is 22.7 Å². The van der Waals surface area contributed by atoms with Gasteiger partial charge in [0.25, 0.3) is 11.1 Å². The highest BCUT2D eigenvalue weighted by Gasteiger charge is 2.37. The normalized spacial score (nSPS) is 17.4. The molecule has 2 aromatic carbocycles. The van der Waals surface area contributed by atoms with Crippen LogP contribution in [0.2, 0.25) is 0 Å². The summed E-state index contributed by atoms with van der Waals surface area (Å²) in [7, 11) is 6.48. The predicted molar refractivity (Wildman–Crippen MR) is 234 cm³/mol. The molecule has 0 spiro atoms. The lowest BCUT2D eigenvalue weighted by molar-refractivity contribution is 0.0293. The van der Waals surface area contributed by atoms with Gasteiger partial charge >= 0.3 is 11.4 Å². The number of ether oxygens (including phenoxy) is 2. The minimum absolute atomic E-state index is 0.000256. The fourth-order valence-corrected chi connectivity index (χ4v) is 10.4. The summed E-state index contributed by atoms with van der Waals surface area (Å²) in [5, 5.41) is 6.72. The third-order valence-corrected chi connectivity index (χ3v) is 13.5. The van der Waals surface area contributed by atoms with Gasteiger partial charge in [-0.3, -0.25) is 27.9 Å². The van der Waals surface area contributed by atoms with Crippen LogP contribution < -0.4 is 22.5 Å². The molecule has 2 aliphatic heterocycles. The summed E-state index contributed by atoms with van der Waals surface area (Å²) in [6.45, 7) is 9.60. The molecule has 10 rings (SSSR count). The first-order valence-corrected chi connectivity index (χ1v) is 21.4. The second kappa shape index (κ2) is 15.0. The van der Waals surface area contributed by atoms with Gasteiger partial charge in [0.15, 0.2) is 12.2 Å². The second-order valence-electron chi connectivity index (χ2n) is 15.6. The molecular weight excluding hydrogens is 801 g/mol. The summed E-state index contributed by atoms with van der Waals surface area (Å²) in [6, 6.07) is 18.0. The van der Waals surface area contributed by atoms with Crippen LogP contribution in [0.5, 0.6) is 0 Å². The van der Waals surface area contributed by atoms with E-state index in [2.05, 4.69) is 32.1 Å². The highest BCUT2D eigenvalue weighted by molar-refractivity contribution is 7.10. The molecule has 3 unspecified atom stereocenters. The van der Waals surface area contributed by atoms with Gasteiger partial charge in [0, 0.05) is 56.9 Å². The average molecular weight is 845 g/mol. The maximum absolute atomic E-state index is 13.3. The minimum atomic E-state index is -0.433. The van der Waals surface area contributed by atoms with Crippen LogP contribution in [0.1, 0.15) is 63.5 Å². The van der Waals surface area contributed by atoms with E-state index in [0.29, 0.717) is 41.6 Å². The Labute approximate surface area is 351 Å². The molecule has 0 fully saturated rings. The third kappa shape index (κ3) is 6.11. The minimum Gasteiger partial charge on any atom is -0.363 e. The fraction of sp³-hybridized carbons (Fsp3) is 0.318. The monoisotopic (exact) mass is 844 g/mol. The number of aryl methyl sites for hydroxylation is 5. The van der Waals surface area contributed by atoms with Crippen molar-refractivity contribution in [2.75, 3.05) is 13.2 Å². The van der Waals surface area contributed by atoms with E-state index in [4.69, 9.17) is 9.47 Å². The molecule has 0 N–H and O–H groups in total. The number of hydrogen-bond donors (Lipinski definition) is 0. The summed E-state index contributed by atoms with van der Waals surface area (Å²) in [6.07, 6.45) is -0.853. The van der Waals surface area contributed by atoms with Gasteiger partial charge in [0.1, 0.15) is 10.0 Å². The molecule has 8 aromatic rings. The molecule has 0 saturated carbocycles. The molecule has 0 amide bonds. The molecule has 0 bridgehead atoms. The number of rotatable bonds is 4. The Morgan fingerprint density at radius 1 is 0.650 bits per heavy atom. The molecule has 14 nitrogen and oxygen atoms in total. The summed E-state index contributed by atoms with van der Waals surface area (Å²) >= 11 is 3.06. The zero-order valence-electron chi connectivity index (χ0n) is 34.5. The summed E-state index contributed by atoms with van der Waals surface area (Å²) in [5.74, 6) is 0. The number of thiazole rings is 2. The Morgan fingerprint density at radius 2 is 1.20 bits per heavy atom. The zero-order chi connectivity index (χ0) is 42.3. The molecule has 2 aliphatic rings. The van der Waals surface area contributed by atoms with Gasteiger partial charge in [0.2, 0.25) is 0 Å². The SMILES string of the molecule is Cc1cccc(-c2c3c(=O)n(C)c(=O)n(C)c3c3n2CCOC3c2nc(C)cs2)c1.Cc1csc(C2OCC(C)n3c(-c4ccccc4)c4c(=O)n(C)c(=O)n(C)c4c32)n1. The van der Waals surface area contributed by atoms with Crippen molar-refractivity contribution in [1.29, 1.82) is 0 Å². The molecular formula is C44H44N8O6S2. The zero-order valence-corrected chi connectivity index (χ0v) is 36.2. The van der Waals surface area contributed by atoms with Crippen LogP contribution >= 0.6 is 22.7 Å². The van der Waals surface area contributed by atoms with Crippen molar-refractivity contribution >= 4 is 44.5 Å². The van der Waals surface area contributed by atoms with Crippen molar-refractivity contribution in [2.45, 2.75) is 52.5 Å². The fourth-order valence-electron chi connectivity index (χ4n) is 8.72. The standard InChI is InChI=1S/2C22H22N4O3S/c1-12-6-5-7-14(10-12)16-15-17(24(3)22(28)25(4)21(15)27)18-19(29-9-8-26(16)18)20-23-13(2)11-30-20;1-12-11-30-20(23-12)19-18-17-15(21(27)25(4)22(28)24(17)3)16(14-8-6-5-7-9-14)26(18)13(2)10-29-19/h5-7,10-11,19H,8-9H2,1-4H3;5-9,11,13,19H,10H2,1-4H3. The van der Waals surface area contributed by atoms with E-state index in [0.717, 1.165) is 60.9 Å². The summed E-state index contributed by atoms with van der Waals surface area (Å²) < 4.78 is 22.2. The van der Waals surface area contributed by atoms with E-state index in [1.165, 1.54) is 45.9 Å². The Morgan fingerprint density at radius 3 is 1.77 bits per heavy atom. The Bertz CT molecular complexity index is 3250. The topological polar surface area (TPSA) is 142 Å². The van der Waals surface area contributed by atoms with Crippen LogP contribution in [0.4, 0.5) is 0 Å². The molecule has 60 heavy (non-hydrogen) atoms. The number of nitrogens with zero attached hydrogens (tertiary/aromatic N) is 8. The summed E-state index contributed by atoms with van der Waals surface area (Å²) in [4.78, 5) is 61.6. The highest BCUT2D eigenvalue weighted by Crippen LogP contribution is 2.45. The first kappa shape index (κ1) is 39.5. The van der Waals surface area contributed by atoms with Gasteiger partial charge in [0.05, 0.1) is 63.8 Å². The molecule has 6 aromatic heterocycles. The van der Waals surface area contributed by atoms with Crippen LogP contribution in [-0.2, 0) is 44.2 Å². The number of fused-ring (bicyclic) bond motifs is 6. The van der Waals surface area contributed by atoms with Gasteiger partial charge < -0.3 is 18.6 Å². The second-order valence-corrected chi connectivity index (χ2v) is 17.3. The largest absolute Gasteiger partial charge is 0.363 e. The van der Waals surface area contributed by atoms with E-state index < -0.39 is 12.2 Å². The summed E-state index contributed by atoms with van der Waals surface area (Å²) in [5.41, 5.74) is 8.09. The van der Waals surface area contributed by atoms with Gasteiger partial charge in [-0.2, -0.15) is 0 Å². The predicted octanol–water partition coefficient (Wildman–Crippen LogP) is 6.05. The van der Waals surface area contributed by atoms with Crippen LogP contribution in [0.15, 0.2) is 84.5 Å². The number of hydrogen-bond acceptors (Lipinski definition) is 10. The van der Waals surface area contributed by atoms with Gasteiger partial charge in [-0.1, -0.05) is 54.1 Å². The smallest absolute Gasteiger partial charge is 0.331 e. The Hall–Kier alpha value is -5.94. The lowest BCUT2D eigenvalue weighted by Crippen LogP contribution is -2.37. The maximum Gasteiger partial charge on any atom is 0.331 e. The van der Waals surface area contributed by atoms with Crippen molar-refractivity contribution in [2.24, 2.45) is 28.2 Å². The van der Waals surface area contributed by atoms with Crippen molar-refractivity contribution in [3.8, 4) is 22.5 Å². The Kier molecular flexibility index (Phi) is 9.85. The molecule has 0 aliphatic carbocycles. The first-order valence-electron chi connectivity index (χ1n) is 19.6. The molecule has 0 radical (unpaired) electrons. The van der Waals surface area contributed by atoms with Crippen LogP contribution in [0.25, 0.3) is 44.3 Å². The Balaban J connectivity index is 0.000000154. The van der Waals surface area contributed by atoms with E-state index in [1.54, 1.807) is 23.2 Å². The van der Waals surface area contributed by atoms with E-state index in [1.807, 2.05) is 80.1 Å². The van der Waals surface area contributed by atoms with Crippen LogP contribution in [-0.4, -0.2) is 50.6 Å². The van der Waals surface area contributed by atoms with Gasteiger partial charge in [-0.25, -0.2) is 19.6 Å². The van der Waals surface area contributed by atoms with Crippen molar-refractivity contribution in [3.63, 3.8) is 0 Å². The average Bonchev–Trinajstić information content (AvgIpc) is 4.05. The van der Waals surface area contributed by atoms with E-state index >= 15 is 0 Å². The van der Waals surface area contributed by atoms with E-state index in [9.17, 15) is 19.2 Å². The van der Waals surface area contributed by atoms with Crippen molar-refractivity contribution in [1.82, 2.24) is 37.4 Å². The van der Waals surface area contributed by atoms with Crippen molar-refractivity contribution in [3.05, 3.63) is 145 Å². The third-order valence-electron chi connectivity index (χ3n) is 11.5. The molecule has 308 valence electrons. The van der Waals surface area contributed by atoms with Crippen LogP contribution in [0.3, 0.4) is 0 Å². The number of benzene rings is 2. The molecule has 16 heteroatoms. The van der Waals surface area contributed by atoms with E-state index in [-0.39, 0.29) is 28.5 Å². The van der Waals surface area contributed by atoms with Crippen LogP contribution in [0, 0.1) is 20.8 Å². The number of aromatic nitrogens is 8. The molecule has 0 saturated heterocycles. The van der Waals surface area contributed by atoms with Gasteiger partial charge in [-0.05, 0) is 44.9 Å². The highest BCUT2D eigenvalue weighted by atomic mass is 32.1. The lowest BCUT2D eigenvalue weighted by Gasteiger charge is -2.31. The lowest BCUT2D eigenvalue weighted by atomic mass is 10.1. The first-order chi connectivity index (χ1) is 28.8. The quantitative estimate of drug-likeness (QED) is 0.209. The maximum atomic E-state index is 13.3. The molecule has 3 atom stereocenters.